The Bertz CT molecular complexity index is 337. The molecule has 1 aromatic rings. The van der Waals surface area contributed by atoms with Crippen LogP contribution in [0.5, 0.6) is 0 Å². The molecule has 96 valence electrons. The van der Waals surface area contributed by atoms with Crippen LogP contribution in [-0.2, 0) is 11.3 Å². The van der Waals surface area contributed by atoms with Crippen molar-refractivity contribution in [1.82, 2.24) is 0 Å². The van der Waals surface area contributed by atoms with Crippen molar-refractivity contribution in [3.63, 3.8) is 0 Å². The Hall–Kier alpha value is -1.55. The number of benzene rings is 1. The lowest BCUT2D eigenvalue weighted by Crippen LogP contribution is -2.12. The Morgan fingerprint density at radius 2 is 1.88 bits per heavy atom. The molecule has 4 nitrogen and oxygen atoms in total. The Balaban J connectivity index is 0.000000437. The van der Waals surface area contributed by atoms with Crippen LogP contribution in [0.15, 0.2) is 24.3 Å². The second-order valence-electron chi connectivity index (χ2n) is 3.98. The highest BCUT2D eigenvalue weighted by Crippen LogP contribution is 2.14. The molecule has 0 unspecified atom stereocenters. The monoisotopic (exact) mass is 237 g/mol. The van der Waals surface area contributed by atoms with Crippen LogP contribution in [0.2, 0.25) is 0 Å². The van der Waals surface area contributed by atoms with Crippen LogP contribution < -0.4 is 16.8 Å². The van der Waals surface area contributed by atoms with Crippen molar-refractivity contribution in [2.75, 3.05) is 5.32 Å². The van der Waals surface area contributed by atoms with Crippen molar-refractivity contribution in [2.24, 2.45) is 11.5 Å². The highest BCUT2D eigenvalue weighted by Gasteiger charge is 1.99. The zero-order valence-electron chi connectivity index (χ0n) is 10.9. The van der Waals surface area contributed by atoms with E-state index in [0.717, 1.165) is 5.69 Å². The summed E-state index contributed by atoms with van der Waals surface area (Å²) in [7, 11) is 0. The summed E-state index contributed by atoms with van der Waals surface area (Å²) in [6, 6.07) is 8.59. The van der Waals surface area contributed by atoms with Gasteiger partial charge in [0, 0.05) is 24.7 Å². The number of anilines is 1. The summed E-state index contributed by atoms with van der Waals surface area (Å²) in [6.45, 7) is 6.55. The molecule has 0 saturated heterocycles. The normalized spacial score (nSPS) is 9.47. The number of rotatable bonds is 4. The van der Waals surface area contributed by atoms with Gasteiger partial charge in [0.1, 0.15) is 0 Å². The number of amides is 1. The lowest BCUT2D eigenvalue weighted by atomic mass is 10.1. The first-order chi connectivity index (χ1) is 8.01. The molecule has 1 amide bonds. The van der Waals surface area contributed by atoms with E-state index in [2.05, 4.69) is 31.0 Å². The van der Waals surface area contributed by atoms with E-state index in [-0.39, 0.29) is 5.91 Å². The molecule has 0 fully saturated rings. The van der Waals surface area contributed by atoms with Crippen molar-refractivity contribution < 1.29 is 4.79 Å². The third-order valence-electron chi connectivity index (χ3n) is 2.03. The van der Waals surface area contributed by atoms with Gasteiger partial charge in [-0.05, 0) is 25.5 Å². The maximum Gasteiger partial charge on any atom is 0.217 e. The molecule has 0 heterocycles. The fourth-order valence-electron chi connectivity index (χ4n) is 1.15. The van der Waals surface area contributed by atoms with Crippen LogP contribution in [0.1, 0.15) is 32.8 Å². The van der Waals surface area contributed by atoms with E-state index < -0.39 is 0 Å². The zero-order valence-corrected chi connectivity index (χ0v) is 10.9. The number of nitrogens with one attached hydrogen (secondary N) is 1. The predicted octanol–water partition coefficient (Wildman–Crippen LogP) is 1.85. The molecule has 1 rings (SSSR count). The molecule has 0 aliphatic heterocycles. The Labute approximate surface area is 103 Å². The number of hydrogen-bond donors (Lipinski definition) is 3. The Morgan fingerprint density at radius 1 is 1.35 bits per heavy atom. The first-order valence-corrected chi connectivity index (χ1v) is 5.84. The van der Waals surface area contributed by atoms with Gasteiger partial charge in [0.2, 0.25) is 5.91 Å². The molecule has 4 heteroatoms. The van der Waals surface area contributed by atoms with Gasteiger partial charge in [0.25, 0.3) is 0 Å². The van der Waals surface area contributed by atoms with E-state index in [9.17, 15) is 4.79 Å². The lowest BCUT2D eigenvalue weighted by Gasteiger charge is -2.13. The van der Waals surface area contributed by atoms with Crippen LogP contribution in [0.3, 0.4) is 0 Å². The molecule has 0 aliphatic carbocycles. The smallest absolute Gasteiger partial charge is 0.217 e. The topological polar surface area (TPSA) is 81.1 Å². The number of carbonyl (C=O) groups is 1. The minimum Gasteiger partial charge on any atom is -0.383 e. The number of hydrogen-bond acceptors (Lipinski definition) is 3. The van der Waals surface area contributed by atoms with Crippen LogP contribution in [0.4, 0.5) is 5.69 Å². The maximum absolute atomic E-state index is 9.59. The molecule has 5 N–H and O–H groups in total. The second-order valence-corrected chi connectivity index (χ2v) is 3.98. The summed E-state index contributed by atoms with van der Waals surface area (Å²) in [5.41, 5.74) is 12.6. The van der Waals surface area contributed by atoms with E-state index in [1.807, 2.05) is 18.2 Å². The zero-order chi connectivity index (χ0) is 13.3. The molecule has 0 saturated carbocycles. The summed E-state index contributed by atoms with van der Waals surface area (Å²) in [6.07, 6.45) is 0.444. The molecule has 0 aliphatic rings. The molecule has 0 spiro atoms. The minimum absolute atomic E-state index is 0.245. The SMILES string of the molecule is CC(C)Nc1ccccc1CN.CCC(N)=O. The van der Waals surface area contributed by atoms with Crippen LogP contribution in [0.25, 0.3) is 0 Å². The number of nitrogens with two attached hydrogens (primary N) is 2. The molecular weight excluding hydrogens is 214 g/mol. The summed E-state index contributed by atoms with van der Waals surface area (Å²) in [5.74, 6) is -0.245. The summed E-state index contributed by atoms with van der Waals surface area (Å²) >= 11 is 0. The van der Waals surface area contributed by atoms with E-state index >= 15 is 0 Å². The average Bonchev–Trinajstić information content (AvgIpc) is 2.29. The quantitative estimate of drug-likeness (QED) is 0.747. The van der Waals surface area contributed by atoms with Gasteiger partial charge < -0.3 is 16.8 Å². The summed E-state index contributed by atoms with van der Waals surface area (Å²) in [4.78, 5) is 9.59. The predicted molar refractivity (Wildman–Crippen MR) is 72.6 cm³/mol. The van der Waals surface area contributed by atoms with Crippen LogP contribution >= 0.6 is 0 Å². The van der Waals surface area contributed by atoms with E-state index in [0.29, 0.717) is 19.0 Å². The van der Waals surface area contributed by atoms with E-state index in [4.69, 9.17) is 5.73 Å². The molecule has 17 heavy (non-hydrogen) atoms. The number of primary amides is 1. The number of carbonyl (C=O) groups excluding carboxylic acids is 1. The van der Waals surface area contributed by atoms with Gasteiger partial charge in [0.15, 0.2) is 0 Å². The molecule has 0 atom stereocenters. The molecule has 1 aromatic carbocycles. The third kappa shape index (κ3) is 7.36. The first kappa shape index (κ1) is 15.4. The Kier molecular flexibility index (Phi) is 7.80. The maximum atomic E-state index is 9.59. The van der Waals surface area contributed by atoms with Gasteiger partial charge in [-0.2, -0.15) is 0 Å². The largest absolute Gasteiger partial charge is 0.383 e. The summed E-state index contributed by atoms with van der Waals surface area (Å²) in [5, 5.41) is 3.34. The van der Waals surface area contributed by atoms with E-state index in [1.165, 1.54) is 5.56 Å². The lowest BCUT2D eigenvalue weighted by molar-refractivity contribution is -0.117. The molecule has 0 radical (unpaired) electrons. The molecule has 0 aromatic heterocycles. The fourth-order valence-corrected chi connectivity index (χ4v) is 1.15. The van der Waals surface area contributed by atoms with Crippen LogP contribution in [0, 0.1) is 0 Å². The Morgan fingerprint density at radius 3 is 2.29 bits per heavy atom. The van der Waals surface area contributed by atoms with Crippen molar-refractivity contribution in [3.8, 4) is 0 Å². The first-order valence-electron chi connectivity index (χ1n) is 5.84. The van der Waals surface area contributed by atoms with Gasteiger partial charge in [-0.1, -0.05) is 25.1 Å². The fraction of sp³-hybridized carbons (Fsp3) is 0.462. The van der Waals surface area contributed by atoms with Gasteiger partial charge in [-0.3, -0.25) is 4.79 Å². The molecule has 0 bridgehead atoms. The minimum atomic E-state index is -0.245. The van der Waals surface area contributed by atoms with Crippen LogP contribution in [-0.4, -0.2) is 11.9 Å². The van der Waals surface area contributed by atoms with Crippen molar-refractivity contribution in [3.05, 3.63) is 29.8 Å². The van der Waals surface area contributed by atoms with E-state index in [1.54, 1.807) is 6.92 Å². The number of para-hydroxylation sites is 1. The second kappa shape index (κ2) is 8.58. The average molecular weight is 237 g/mol. The highest BCUT2D eigenvalue weighted by atomic mass is 16.1. The van der Waals surface area contributed by atoms with Gasteiger partial charge in [0.05, 0.1) is 0 Å². The molecular formula is C13H23N3O. The summed E-state index contributed by atoms with van der Waals surface area (Å²) < 4.78 is 0. The van der Waals surface area contributed by atoms with Gasteiger partial charge >= 0.3 is 0 Å². The van der Waals surface area contributed by atoms with Gasteiger partial charge in [-0.15, -0.1) is 0 Å². The third-order valence-corrected chi connectivity index (χ3v) is 2.03. The highest BCUT2D eigenvalue weighted by molar-refractivity contribution is 5.73. The van der Waals surface area contributed by atoms with Gasteiger partial charge in [-0.25, -0.2) is 0 Å². The standard InChI is InChI=1S/C10H16N2.C3H7NO/c1-8(2)12-10-6-4-3-5-9(10)7-11;1-2-3(4)5/h3-6,8,12H,7,11H2,1-2H3;2H2,1H3,(H2,4,5). The van der Waals surface area contributed by atoms with Crippen molar-refractivity contribution in [1.29, 1.82) is 0 Å². The van der Waals surface area contributed by atoms with Crippen molar-refractivity contribution >= 4 is 11.6 Å². The van der Waals surface area contributed by atoms with Crippen molar-refractivity contribution in [2.45, 2.75) is 39.8 Å².